The summed E-state index contributed by atoms with van der Waals surface area (Å²) in [5.41, 5.74) is 1.08. The van der Waals surface area contributed by atoms with Crippen LogP contribution in [0.3, 0.4) is 0 Å². The average Bonchev–Trinajstić information content (AvgIpc) is 2.96. The highest BCUT2D eigenvalue weighted by molar-refractivity contribution is 5.71. The molecule has 0 radical (unpaired) electrons. The van der Waals surface area contributed by atoms with Gasteiger partial charge in [-0.25, -0.2) is 22.7 Å². The second kappa shape index (κ2) is 6.22. The molecular formula is C17H17F3N4. The van der Waals surface area contributed by atoms with Crippen molar-refractivity contribution in [3.8, 4) is 11.1 Å². The minimum absolute atomic E-state index is 0.268. The Labute approximate surface area is 137 Å². The molecule has 0 N–H and O–H groups in total. The third-order valence-corrected chi connectivity index (χ3v) is 4.20. The van der Waals surface area contributed by atoms with Gasteiger partial charge in [-0.1, -0.05) is 20.3 Å². The topological polar surface area (TPSA) is 43.1 Å². The zero-order chi connectivity index (χ0) is 17.4. The van der Waals surface area contributed by atoms with E-state index in [0.29, 0.717) is 41.3 Å². The summed E-state index contributed by atoms with van der Waals surface area (Å²) in [4.78, 5) is 8.33. The van der Waals surface area contributed by atoms with Crippen LogP contribution in [0.1, 0.15) is 31.7 Å². The van der Waals surface area contributed by atoms with E-state index in [-0.39, 0.29) is 11.5 Å². The SMILES string of the molecule is CCC(C)Cc1c(-c2c(F)cc(F)cc2F)c(C)nc2ncnn12. The van der Waals surface area contributed by atoms with Gasteiger partial charge in [-0.2, -0.15) is 10.1 Å². The van der Waals surface area contributed by atoms with Gasteiger partial charge in [-0.3, -0.25) is 0 Å². The highest BCUT2D eigenvalue weighted by atomic mass is 19.1. The van der Waals surface area contributed by atoms with Crippen LogP contribution in [0.2, 0.25) is 0 Å². The maximum atomic E-state index is 14.3. The number of nitrogens with zero attached hydrogens (tertiary/aromatic N) is 4. The van der Waals surface area contributed by atoms with Crippen LogP contribution < -0.4 is 0 Å². The van der Waals surface area contributed by atoms with Crippen molar-refractivity contribution in [2.24, 2.45) is 5.92 Å². The summed E-state index contributed by atoms with van der Waals surface area (Å²) in [5.74, 6) is -2.23. The van der Waals surface area contributed by atoms with E-state index in [2.05, 4.69) is 15.1 Å². The smallest absolute Gasteiger partial charge is 0.216 e. The third-order valence-electron chi connectivity index (χ3n) is 4.20. The van der Waals surface area contributed by atoms with Crippen molar-refractivity contribution in [3.63, 3.8) is 0 Å². The lowest BCUT2D eigenvalue weighted by Gasteiger charge is -2.17. The Balaban J connectivity index is 2.35. The molecule has 0 amide bonds. The zero-order valence-corrected chi connectivity index (χ0v) is 13.6. The van der Waals surface area contributed by atoms with Crippen LogP contribution in [0.5, 0.6) is 0 Å². The number of hydrogen-bond donors (Lipinski definition) is 0. The van der Waals surface area contributed by atoms with E-state index in [1.54, 1.807) is 6.92 Å². The lowest BCUT2D eigenvalue weighted by atomic mass is 9.94. The number of aryl methyl sites for hydroxylation is 1. The summed E-state index contributed by atoms with van der Waals surface area (Å²) in [7, 11) is 0. The number of halogens is 3. The maximum absolute atomic E-state index is 14.3. The third kappa shape index (κ3) is 2.74. The standard InChI is InChI=1S/C17H17F3N4/c1-4-9(2)5-14-15(10(3)23-17-21-8-22-24(14)17)16-12(19)6-11(18)7-13(16)20/h6-9H,4-5H2,1-3H3. The minimum atomic E-state index is -0.956. The number of fused-ring (bicyclic) bond motifs is 1. The van der Waals surface area contributed by atoms with Crippen molar-refractivity contribution in [1.29, 1.82) is 0 Å². The molecule has 3 rings (SSSR count). The molecular weight excluding hydrogens is 317 g/mol. The van der Waals surface area contributed by atoms with Crippen molar-refractivity contribution < 1.29 is 13.2 Å². The first-order valence-corrected chi connectivity index (χ1v) is 7.76. The summed E-state index contributed by atoms with van der Waals surface area (Å²) >= 11 is 0. The lowest BCUT2D eigenvalue weighted by Crippen LogP contribution is -2.12. The van der Waals surface area contributed by atoms with Gasteiger partial charge >= 0.3 is 0 Å². The first kappa shape index (κ1) is 16.4. The second-order valence-electron chi connectivity index (χ2n) is 5.95. The fourth-order valence-corrected chi connectivity index (χ4v) is 2.79. The summed E-state index contributed by atoms with van der Waals surface area (Å²) in [5, 5.41) is 4.13. The first-order valence-electron chi connectivity index (χ1n) is 7.76. The zero-order valence-electron chi connectivity index (χ0n) is 13.6. The lowest BCUT2D eigenvalue weighted by molar-refractivity contribution is 0.537. The summed E-state index contributed by atoms with van der Waals surface area (Å²) in [6, 6.07) is 1.35. The van der Waals surface area contributed by atoms with E-state index in [1.165, 1.54) is 10.8 Å². The molecule has 2 aromatic heterocycles. The molecule has 2 heterocycles. The Morgan fingerprint density at radius 2 is 1.79 bits per heavy atom. The average molecular weight is 334 g/mol. The molecule has 1 atom stereocenters. The molecule has 4 nitrogen and oxygen atoms in total. The molecule has 0 aliphatic rings. The Bertz CT molecular complexity index is 881. The largest absolute Gasteiger partial charge is 0.252 e. The molecule has 1 aromatic carbocycles. The normalized spacial score (nSPS) is 12.8. The quantitative estimate of drug-likeness (QED) is 0.721. The van der Waals surface area contributed by atoms with Gasteiger partial charge < -0.3 is 0 Å². The summed E-state index contributed by atoms with van der Waals surface area (Å²) in [6.07, 6.45) is 2.79. The van der Waals surface area contributed by atoms with Gasteiger partial charge in [-0.05, 0) is 19.3 Å². The van der Waals surface area contributed by atoms with E-state index >= 15 is 0 Å². The van der Waals surface area contributed by atoms with E-state index in [1.807, 2.05) is 13.8 Å². The molecule has 24 heavy (non-hydrogen) atoms. The van der Waals surface area contributed by atoms with E-state index in [0.717, 1.165) is 6.42 Å². The predicted octanol–water partition coefficient (Wildman–Crippen LogP) is 4.11. The van der Waals surface area contributed by atoms with Gasteiger partial charge in [0.2, 0.25) is 0 Å². The fraction of sp³-hybridized carbons (Fsp3) is 0.353. The van der Waals surface area contributed by atoms with Crippen molar-refractivity contribution in [2.45, 2.75) is 33.6 Å². The molecule has 0 spiro atoms. The summed E-state index contributed by atoms with van der Waals surface area (Å²) < 4.78 is 43.5. The Kier molecular flexibility index (Phi) is 4.26. The molecule has 7 heteroatoms. The maximum Gasteiger partial charge on any atom is 0.252 e. The van der Waals surface area contributed by atoms with Gasteiger partial charge in [0, 0.05) is 17.7 Å². The van der Waals surface area contributed by atoms with Crippen LogP contribution >= 0.6 is 0 Å². The molecule has 0 aliphatic carbocycles. The Morgan fingerprint density at radius 3 is 2.42 bits per heavy atom. The molecule has 0 fully saturated rings. The number of rotatable bonds is 4. The van der Waals surface area contributed by atoms with Crippen molar-refractivity contribution in [1.82, 2.24) is 19.6 Å². The molecule has 0 saturated carbocycles. The fourth-order valence-electron chi connectivity index (χ4n) is 2.79. The van der Waals surface area contributed by atoms with Crippen LogP contribution in [-0.2, 0) is 6.42 Å². The Morgan fingerprint density at radius 1 is 1.12 bits per heavy atom. The van der Waals surface area contributed by atoms with E-state index in [4.69, 9.17) is 0 Å². The summed E-state index contributed by atoms with van der Waals surface area (Å²) in [6.45, 7) is 5.74. The van der Waals surface area contributed by atoms with Crippen LogP contribution in [0.15, 0.2) is 18.5 Å². The molecule has 3 aromatic rings. The monoisotopic (exact) mass is 334 g/mol. The van der Waals surface area contributed by atoms with Crippen molar-refractivity contribution in [3.05, 3.63) is 47.3 Å². The Hall–Kier alpha value is -2.44. The highest BCUT2D eigenvalue weighted by Gasteiger charge is 2.23. The van der Waals surface area contributed by atoms with Gasteiger partial charge in [0.15, 0.2) is 0 Å². The molecule has 0 bridgehead atoms. The van der Waals surface area contributed by atoms with Crippen LogP contribution in [0.25, 0.3) is 16.9 Å². The highest BCUT2D eigenvalue weighted by Crippen LogP contribution is 2.33. The van der Waals surface area contributed by atoms with Gasteiger partial charge in [-0.15, -0.1) is 0 Å². The molecule has 1 unspecified atom stereocenters. The number of hydrogen-bond acceptors (Lipinski definition) is 3. The molecule has 0 aliphatic heterocycles. The van der Waals surface area contributed by atoms with E-state index in [9.17, 15) is 13.2 Å². The second-order valence-corrected chi connectivity index (χ2v) is 5.95. The minimum Gasteiger partial charge on any atom is -0.216 e. The van der Waals surface area contributed by atoms with Crippen molar-refractivity contribution in [2.75, 3.05) is 0 Å². The molecule has 0 saturated heterocycles. The van der Waals surface area contributed by atoms with Crippen LogP contribution in [0.4, 0.5) is 13.2 Å². The van der Waals surface area contributed by atoms with Crippen LogP contribution in [-0.4, -0.2) is 19.6 Å². The number of aromatic nitrogens is 4. The van der Waals surface area contributed by atoms with Gasteiger partial charge in [0.1, 0.15) is 23.8 Å². The van der Waals surface area contributed by atoms with E-state index < -0.39 is 17.5 Å². The molecule has 126 valence electrons. The van der Waals surface area contributed by atoms with Crippen molar-refractivity contribution >= 4 is 5.78 Å². The van der Waals surface area contributed by atoms with Gasteiger partial charge in [0.25, 0.3) is 5.78 Å². The predicted molar refractivity (Wildman–Crippen MR) is 84.0 cm³/mol. The number of benzene rings is 1. The first-order chi connectivity index (χ1) is 11.4. The van der Waals surface area contributed by atoms with Gasteiger partial charge in [0.05, 0.1) is 17.0 Å². The van der Waals surface area contributed by atoms with Crippen LogP contribution in [0, 0.1) is 30.3 Å².